The van der Waals surface area contributed by atoms with E-state index in [1.54, 1.807) is 35.1 Å². The molecule has 0 aliphatic rings. The number of carbonyl (C=O) groups excluding carboxylic acids is 2. The minimum absolute atomic E-state index is 0.137. The Hall–Kier alpha value is -2.15. The average Bonchev–Trinajstić information content (AvgIpc) is 2.81. The third-order valence-corrected chi connectivity index (χ3v) is 3.35. The summed E-state index contributed by atoms with van der Waals surface area (Å²) in [6.45, 7) is 3.97. The van der Waals surface area contributed by atoms with Crippen molar-refractivity contribution in [1.29, 1.82) is 0 Å². The highest BCUT2D eigenvalue weighted by Crippen LogP contribution is 2.19. The van der Waals surface area contributed by atoms with Crippen LogP contribution in [0.15, 0.2) is 34.9 Å². The van der Waals surface area contributed by atoms with Crippen LogP contribution in [0.25, 0.3) is 0 Å². The Morgan fingerprint density at radius 2 is 1.76 bits per heavy atom. The molecular formula is C14H15BrN4O2. The van der Waals surface area contributed by atoms with E-state index in [4.69, 9.17) is 0 Å². The van der Waals surface area contributed by atoms with E-state index < -0.39 is 0 Å². The molecule has 0 saturated carbocycles. The maximum atomic E-state index is 12.3. The van der Waals surface area contributed by atoms with Gasteiger partial charge in [-0.3, -0.25) is 14.3 Å². The quantitative estimate of drug-likeness (QED) is 0.889. The van der Waals surface area contributed by atoms with Crippen LogP contribution in [-0.2, 0) is 11.3 Å². The van der Waals surface area contributed by atoms with Gasteiger partial charge < -0.3 is 10.6 Å². The van der Waals surface area contributed by atoms with Crippen molar-refractivity contribution in [2.75, 3.05) is 10.6 Å². The van der Waals surface area contributed by atoms with Crippen molar-refractivity contribution in [3.05, 3.63) is 40.6 Å². The molecule has 0 aliphatic heterocycles. The molecule has 0 unspecified atom stereocenters. The second-order valence-corrected chi connectivity index (χ2v) is 5.22. The zero-order valence-corrected chi connectivity index (χ0v) is 13.3. The molecule has 0 aliphatic carbocycles. The van der Waals surface area contributed by atoms with Crippen molar-refractivity contribution in [3.8, 4) is 0 Å². The first kappa shape index (κ1) is 15.2. The van der Waals surface area contributed by atoms with Gasteiger partial charge >= 0.3 is 0 Å². The molecule has 0 fully saturated rings. The molecule has 0 radical (unpaired) electrons. The number of hydrogen-bond acceptors (Lipinski definition) is 3. The second-order valence-electron chi connectivity index (χ2n) is 4.37. The highest BCUT2D eigenvalue weighted by atomic mass is 79.9. The van der Waals surface area contributed by atoms with Crippen molar-refractivity contribution in [2.45, 2.75) is 20.4 Å². The standard InChI is InChI=1S/C14H15BrN4O2/c1-3-19-13(12(15)8-16-19)14(21)18-11-6-4-10(5-7-11)17-9(2)20/h4-8H,3H2,1-2H3,(H,17,20)(H,18,21). The van der Waals surface area contributed by atoms with Gasteiger partial charge in [0.15, 0.2) is 0 Å². The number of amides is 2. The predicted octanol–water partition coefficient (Wildman–Crippen LogP) is 2.88. The molecule has 2 N–H and O–H groups in total. The lowest BCUT2D eigenvalue weighted by molar-refractivity contribution is -0.114. The van der Waals surface area contributed by atoms with E-state index in [1.165, 1.54) is 6.92 Å². The van der Waals surface area contributed by atoms with Crippen LogP contribution in [0.5, 0.6) is 0 Å². The van der Waals surface area contributed by atoms with Crippen molar-refractivity contribution in [2.24, 2.45) is 0 Å². The largest absolute Gasteiger partial charge is 0.326 e. The molecule has 7 heteroatoms. The molecule has 0 atom stereocenters. The topological polar surface area (TPSA) is 76.0 Å². The molecule has 2 aromatic rings. The number of hydrogen-bond donors (Lipinski definition) is 2. The summed E-state index contributed by atoms with van der Waals surface area (Å²) >= 11 is 3.32. The molecule has 1 aromatic carbocycles. The number of benzene rings is 1. The van der Waals surface area contributed by atoms with Gasteiger partial charge in [-0.15, -0.1) is 0 Å². The van der Waals surface area contributed by atoms with Gasteiger partial charge in [0.2, 0.25) is 5.91 Å². The van der Waals surface area contributed by atoms with Crippen LogP contribution in [0.1, 0.15) is 24.3 Å². The Kier molecular flexibility index (Phi) is 4.74. The molecule has 110 valence electrons. The number of aryl methyl sites for hydroxylation is 1. The van der Waals surface area contributed by atoms with Crippen molar-refractivity contribution in [3.63, 3.8) is 0 Å². The summed E-state index contributed by atoms with van der Waals surface area (Å²) in [6.07, 6.45) is 1.60. The van der Waals surface area contributed by atoms with Crippen LogP contribution in [0, 0.1) is 0 Å². The first-order valence-corrected chi connectivity index (χ1v) is 7.21. The summed E-state index contributed by atoms with van der Waals surface area (Å²) in [7, 11) is 0. The molecule has 1 aromatic heterocycles. The van der Waals surface area contributed by atoms with E-state index in [2.05, 4.69) is 31.7 Å². The van der Waals surface area contributed by atoms with E-state index in [1.807, 2.05) is 6.92 Å². The number of nitrogens with zero attached hydrogens (tertiary/aromatic N) is 2. The third kappa shape index (κ3) is 3.69. The highest BCUT2D eigenvalue weighted by molar-refractivity contribution is 9.10. The van der Waals surface area contributed by atoms with E-state index in [9.17, 15) is 9.59 Å². The Balaban J connectivity index is 2.12. The fourth-order valence-corrected chi connectivity index (χ4v) is 2.33. The van der Waals surface area contributed by atoms with Crippen LogP contribution in [0.4, 0.5) is 11.4 Å². The Morgan fingerprint density at radius 3 is 2.29 bits per heavy atom. The maximum Gasteiger partial charge on any atom is 0.275 e. The van der Waals surface area contributed by atoms with Crippen LogP contribution in [-0.4, -0.2) is 21.6 Å². The Labute approximate surface area is 130 Å². The first-order valence-electron chi connectivity index (χ1n) is 6.41. The molecule has 0 bridgehead atoms. The highest BCUT2D eigenvalue weighted by Gasteiger charge is 2.16. The molecule has 2 amide bonds. The first-order chi connectivity index (χ1) is 10.0. The number of aromatic nitrogens is 2. The van der Waals surface area contributed by atoms with Gasteiger partial charge in [-0.25, -0.2) is 0 Å². The smallest absolute Gasteiger partial charge is 0.275 e. The second kappa shape index (κ2) is 6.53. The van der Waals surface area contributed by atoms with Crippen LogP contribution in [0.3, 0.4) is 0 Å². The molecular weight excluding hydrogens is 336 g/mol. The number of rotatable bonds is 4. The number of anilines is 2. The summed E-state index contributed by atoms with van der Waals surface area (Å²) in [5.41, 5.74) is 1.80. The number of nitrogens with one attached hydrogen (secondary N) is 2. The Morgan fingerprint density at radius 1 is 1.19 bits per heavy atom. The number of carbonyl (C=O) groups is 2. The van der Waals surface area contributed by atoms with Crippen molar-refractivity contribution in [1.82, 2.24) is 9.78 Å². The van der Waals surface area contributed by atoms with Crippen LogP contribution < -0.4 is 10.6 Å². The third-order valence-electron chi connectivity index (χ3n) is 2.77. The van der Waals surface area contributed by atoms with Gasteiger partial charge in [-0.1, -0.05) is 0 Å². The SMILES string of the molecule is CCn1ncc(Br)c1C(=O)Nc1ccc(NC(C)=O)cc1. The zero-order chi connectivity index (χ0) is 15.4. The lowest BCUT2D eigenvalue weighted by Gasteiger charge is -2.08. The van der Waals surface area contributed by atoms with Crippen LogP contribution in [0.2, 0.25) is 0 Å². The summed E-state index contributed by atoms with van der Waals surface area (Å²) in [5.74, 6) is -0.379. The monoisotopic (exact) mass is 350 g/mol. The van der Waals surface area contributed by atoms with Gasteiger partial charge in [0.1, 0.15) is 5.69 Å². The Bertz CT molecular complexity index is 664. The van der Waals surface area contributed by atoms with Gasteiger partial charge in [-0.05, 0) is 47.1 Å². The summed E-state index contributed by atoms with van der Waals surface area (Å²) < 4.78 is 2.27. The van der Waals surface area contributed by atoms with Crippen LogP contribution >= 0.6 is 15.9 Å². The zero-order valence-electron chi connectivity index (χ0n) is 11.7. The van der Waals surface area contributed by atoms with E-state index in [0.717, 1.165) is 0 Å². The van der Waals surface area contributed by atoms with E-state index in [-0.39, 0.29) is 11.8 Å². The average molecular weight is 351 g/mol. The number of halogens is 1. The van der Waals surface area contributed by atoms with Crippen molar-refractivity contribution < 1.29 is 9.59 Å². The molecule has 0 saturated heterocycles. The normalized spacial score (nSPS) is 10.2. The molecule has 6 nitrogen and oxygen atoms in total. The van der Waals surface area contributed by atoms with Gasteiger partial charge in [0.05, 0.1) is 10.7 Å². The fraction of sp³-hybridized carbons (Fsp3) is 0.214. The maximum absolute atomic E-state index is 12.3. The van der Waals surface area contributed by atoms with Crippen molar-refractivity contribution >= 4 is 39.1 Å². The van der Waals surface area contributed by atoms with Gasteiger partial charge in [0, 0.05) is 24.8 Å². The predicted molar refractivity (Wildman–Crippen MR) is 84.3 cm³/mol. The lowest BCUT2D eigenvalue weighted by atomic mass is 10.2. The minimum Gasteiger partial charge on any atom is -0.326 e. The summed E-state index contributed by atoms with van der Waals surface area (Å²) in [5, 5.41) is 9.57. The minimum atomic E-state index is -0.242. The van der Waals surface area contributed by atoms with Gasteiger partial charge in [-0.2, -0.15) is 5.10 Å². The summed E-state index contributed by atoms with van der Waals surface area (Å²) in [6, 6.07) is 6.90. The summed E-state index contributed by atoms with van der Waals surface area (Å²) in [4.78, 5) is 23.2. The molecule has 0 spiro atoms. The van der Waals surface area contributed by atoms with Gasteiger partial charge in [0.25, 0.3) is 5.91 Å². The molecule has 2 rings (SSSR count). The fourth-order valence-electron chi connectivity index (χ4n) is 1.86. The van der Waals surface area contributed by atoms with E-state index in [0.29, 0.717) is 28.1 Å². The molecule has 21 heavy (non-hydrogen) atoms. The lowest BCUT2D eigenvalue weighted by Crippen LogP contribution is -2.18. The van der Waals surface area contributed by atoms with E-state index >= 15 is 0 Å². The molecule has 1 heterocycles.